The van der Waals surface area contributed by atoms with Gasteiger partial charge in [-0.2, -0.15) is 5.10 Å². The van der Waals surface area contributed by atoms with Crippen LogP contribution < -0.4 is 11.1 Å². The molecule has 0 spiro atoms. The number of H-pyrrole nitrogens is 1. The molecule has 3 aromatic rings. The number of anilines is 2. The van der Waals surface area contributed by atoms with Crippen LogP contribution in [0.15, 0.2) is 48.8 Å². The zero-order chi connectivity index (χ0) is 14.7. The quantitative estimate of drug-likeness (QED) is 0.686. The van der Waals surface area contributed by atoms with Gasteiger partial charge in [0.05, 0.1) is 11.4 Å². The van der Waals surface area contributed by atoms with Crippen molar-refractivity contribution in [3.63, 3.8) is 0 Å². The zero-order valence-electron chi connectivity index (χ0n) is 11.8. The largest absolute Gasteiger partial charge is 0.396 e. The summed E-state index contributed by atoms with van der Waals surface area (Å²) in [5.41, 5.74) is 11.0. The van der Waals surface area contributed by atoms with E-state index in [-0.39, 0.29) is 0 Å². The van der Waals surface area contributed by atoms with Crippen LogP contribution in [0.25, 0.3) is 11.3 Å². The van der Waals surface area contributed by atoms with Crippen LogP contribution in [0.4, 0.5) is 11.5 Å². The molecule has 0 aliphatic heterocycles. The monoisotopic (exact) mass is 279 g/mol. The maximum absolute atomic E-state index is 5.94. The van der Waals surface area contributed by atoms with Crippen LogP contribution in [-0.2, 0) is 6.54 Å². The van der Waals surface area contributed by atoms with Gasteiger partial charge in [-0.25, -0.2) is 4.98 Å². The molecule has 3 rings (SSSR count). The molecular formula is C16H17N5. The van der Waals surface area contributed by atoms with Crippen molar-refractivity contribution in [1.29, 1.82) is 0 Å². The molecule has 0 aliphatic carbocycles. The third-order valence-corrected chi connectivity index (χ3v) is 3.28. The lowest BCUT2D eigenvalue weighted by atomic mass is 10.1. The molecule has 0 unspecified atom stereocenters. The van der Waals surface area contributed by atoms with Crippen molar-refractivity contribution in [2.75, 3.05) is 11.1 Å². The molecule has 0 amide bonds. The van der Waals surface area contributed by atoms with Crippen molar-refractivity contribution < 1.29 is 0 Å². The van der Waals surface area contributed by atoms with Crippen molar-refractivity contribution in [3.8, 4) is 11.3 Å². The van der Waals surface area contributed by atoms with Crippen molar-refractivity contribution in [2.24, 2.45) is 0 Å². The molecule has 0 saturated carbocycles. The maximum atomic E-state index is 5.94. The average Bonchev–Trinajstić information content (AvgIpc) is 3.01. The fourth-order valence-electron chi connectivity index (χ4n) is 2.14. The first-order chi connectivity index (χ1) is 10.2. The predicted octanol–water partition coefficient (Wildman–Crippen LogP) is 2.97. The highest BCUT2D eigenvalue weighted by molar-refractivity contribution is 5.62. The number of nitrogens with zero attached hydrogens (tertiary/aromatic N) is 2. The van der Waals surface area contributed by atoms with E-state index >= 15 is 0 Å². The minimum atomic E-state index is 0.670. The lowest BCUT2D eigenvalue weighted by Crippen LogP contribution is -2.04. The van der Waals surface area contributed by atoms with E-state index in [0.29, 0.717) is 12.2 Å². The Morgan fingerprint density at radius 2 is 2.00 bits per heavy atom. The maximum Gasteiger partial charge on any atom is 0.149 e. The van der Waals surface area contributed by atoms with Gasteiger partial charge in [0, 0.05) is 18.9 Å². The average molecular weight is 279 g/mol. The number of aromatic nitrogens is 3. The number of nitrogen functional groups attached to an aromatic ring is 1. The number of nitrogens with one attached hydrogen (secondary N) is 2. The van der Waals surface area contributed by atoms with E-state index in [9.17, 15) is 0 Å². The lowest BCUT2D eigenvalue weighted by Gasteiger charge is -2.09. The molecule has 0 aliphatic rings. The van der Waals surface area contributed by atoms with E-state index in [0.717, 1.165) is 22.6 Å². The second-order valence-electron chi connectivity index (χ2n) is 4.97. The van der Waals surface area contributed by atoms with Gasteiger partial charge >= 0.3 is 0 Å². The number of nitrogens with two attached hydrogens (primary N) is 1. The van der Waals surface area contributed by atoms with Gasteiger partial charge in [-0.15, -0.1) is 0 Å². The number of hydrogen-bond donors (Lipinski definition) is 3. The van der Waals surface area contributed by atoms with Crippen molar-refractivity contribution in [3.05, 3.63) is 59.9 Å². The van der Waals surface area contributed by atoms with Gasteiger partial charge in [0.2, 0.25) is 0 Å². The summed E-state index contributed by atoms with van der Waals surface area (Å²) in [5, 5.41) is 10.2. The smallest absolute Gasteiger partial charge is 0.149 e. The molecule has 2 aromatic heterocycles. The third kappa shape index (κ3) is 3.02. The number of rotatable bonds is 4. The Morgan fingerprint density at radius 3 is 2.67 bits per heavy atom. The SMILES string of the molecule is Cc1cnc(NCc2ccc(-c3ccn[nH]3)cc2)c(N)c1. The normalized spacial score (nSPS) is 10.5. The highest BCUT2D eigenvalue weighted by Gasteiger charge is 2.02. The summed E-state index contributed by atoms with van der Waals surface area (Å²) in [7, 11) is 0. The Morgan fingerprint density at radius 1 is 1.19 bits per heavy atom. The minimum absolute atomic E-state index is 0.670. The third-order valence-electron chi connectivity index (χ3n) is 3.28. The van der Waals surface area contributed by atoms with Crippen LogP contribution in [0.2, 0.25) is 0 Å². The van der Waals surface area contributed by atoms with Gasteiger partial charge < -0.3 is 11.1 Å². The van der Waals surface area contributed by atoms with Crippen LogP contribution in [-0.4, -0.2) is 15.2 Å². The molecule has 4 N–H and O–H groups in total. The Labute approximate surface area is 123 Å². The van der Waals surface area contributed by atoms with E-state index in [2.05, 4.69) is 44.8 Å². The van der Waals surface area contributed by atoms with Gasteiger partial charge in [-0.1, -0.05) is 24.3 Å². The summed E-state index contributed by atoms with van der Waals surface area (Å²) in [6.45, 7) is 2.66. The van der Waals surface area contributed by atoms with E-state index < -0.39 is 0 Å². The Kier molecular flexibility index (Phi) is 3.55. The number of hydrogen-bond acceptors (Lipinski definition) is 4. The van der Waals surface area contributed by atoms with Crippen LogP contribution in [0, 0.1) is 6.92 Å². The van der Waals surface area contributed by atoms with Crippen LogP contribution in [0.5, 0.6) is 0 Å². The highest BCUT2D eigenvalue weighted by Crippen LogP contribution is 2.19. The minimum Gasteiger partial charge on any atom is -0.396 e. The Bertz CT molecular complexity index is 717. The van der Waals surface area contributed by atoms with E-state index in [4.69, 9.17) is 5.73 Å². The van der Waals surface area contributed by atoms with E-state index in [1.807, 2.05) is 19.1 Å². The molecule has 106 valence electrons. The topological polar surface area (TPSA) is 79.6 Å². The molecule has 0 saturated heterocycles. The number of pyridine rings is 1. The fourth-order valence-corrected chi connectivity index (χ4v) is 2.14. The molecule has 5 heteroatoms. The number of aryl methyl sites for hydroxylation is 1. The van der Waals surface area contributed by atoms with Crippen molar-refractivity contribution in [1.82, 2.24) is 15.2 Å². The van der Waals surface area contributed by atoms with Crippen LogP contribution >= 0.6 is 0 Å². The molecule has 0 radical (unpaired) electrons. The number of benzene rings is 1. The standard InChI is InChI=1S/C16H17N5/c1-11-8-14(17)16(18-9-11)19-10-12-2-4-13(5-3-12)15-6-7-20-21-15/h2-9H,10,17H2,1H3,(H,18,19)(H,20,21). The summed E-state index contributed by atoms with van der Waals surface area (Å²) in [6.07, 6.45) is 3.55. The first-order valence-electron chi connectivity index (χ1n) is 6.77. The van der Waals surface area contributed by atoms with E-state index in [1.165, 1.54) is 5.56 Å². The molecule has 21 heavy (non-hydrogen) atoms. The van der Waals surface area contributed by atoms with Crippen LogP contribution in [0.1, 0.15) is 11.1 Å². The van der Waals surface area contributed by atoms with Gasteiger partial charge in [0.25, 0.3) is 0 Å². The second-order valence-corrected chi connectivity index (χ2v) is 4.97. The second kappa shape index (κ2) is 5.66. The number of aromatic amines is 1. The summed E-state index contributed by atoms with van der Waals surface area (Å²) >= 11 is 0. The lowest BCUT2D eigenvalue weighted by molar-refractivity contribution is 1.09. The molecule has 1 aromatic carbocycles. The molecule has 0 fully saturated rings. The fraction of sp³-hybridized carbons (Fsp3) is 0.125. The first-order valence-corrected chi connectivity index (χ1v) is 6.77. The van der Waals surface area contributed by atoms with Gasteiger partial charge in [0.15, 0.2) is 0 Å². The van der Waals surface area contributed by atoms with Gasteiger partial charge in [-0.05, 0) is 35.7 Å². The molecule has 0 atom stereocenters. The van der Waals surface area contributed by atoms with Gasteiger partial charge in [0.1, 0.15) is 5.82 Å². The van der Waals surface area contributed by atoms with Crippen molar-refractivity contribution in [2.45, 2.75) is 13.5 Å². The summed E-state index contributed by atoms with van der Waals surface area (Å²) < 4.78 is 0. The first kappa shape index (κ1) is 13.2. The summed E-state index contributed by atoms with van der Waals surface area (Å²) in [4.78, 5) is 4.30. The molecule has 0 bridgehead atoms. The molecule has 5 nitrogen and oxygen atoms in total. The highest BCUT2D eigenvalue weighted by atomic mass is 15.1. The van der Waals surface area contributed by atoms with E-state index in [1.54, 1.807) is 12.4 Å². The van der Waals surface area contributed by atoms with Crippen molar-refractivity contribution >= 4 is 11.5 Å². The Balaban J connectivity index is 1.68. The molecule has 2 heterocycles. The zero-order valence-corrected chi connectivity index (χ0v) is 11.8. The van der Waals surface area contributed by atoms with Crippen LogP contribution in [0.3, 0.4) is 0 Å². The van der Waals surface area contributed by atoms with Gasteiger partial charge in [-0.3, -0.25) is 5.10 Å². The summed E-state index contributed by atoms with van der Waals surface area (Å²) in [5.74, 6) is 0.721. The molecular weight excluding hydrogens is 262 g/mol. The Hall–Kier alpha value is -2.82. The predicted molar refractivity (Wildman–Crippen MR) is 84.7 cm³/mol. The summed E-state index contributed by atoms with van der Waals surface area (Å²) in [6, 6.07) is 12.1.